The van der Waals surface area contributed by atoms with Crippen molar-refractivity contribution >= 4 is 22.9 Å². The largest absolute Gasteiger partial charge is 0.309 e. The molecule has 0 bridgehead atoms. The molecule has 0 aliphatic heterocycles. The molecule has 2 aromatic rings. The Kier molecular flexibility index (Phi) is 5.43. The van der Waals surface area contributed by atoms with Gasteiger partial charge in [0.25, 0.3) is 0 Å². The molecule has 1 atom stereocenters. The van der Waals surface area contributed by atoms with Gasteiger partial charge in [-0.25, -0.2) is 0 Å². The fourth-order valence-corrected chi connectivity index (χ4v) is 3.29. The van der Waals surface area contributed by atoms with Crippen LogP contribution in [0.3, 0.4) is 0 Å². The first-order chi connectivity index (χ1) is 9.20. The number of nitrogens with zero attached hydrogens (tertiary/aromatic N) is 2. The maximum absolute atomic E-state index is 6.04. The topological polar surface area (TPSA) is 29.9 Å². The number of halogens is 1. The van der Waals surface area contributed by atoms with Gasteiger partial charge >= 0.3 is 0 Å². The molecule has 2 aromatic heterocycles. The molecular formula is C14H20ClN3S. The predicted octanol–water partition coefficient (Wildman–Crippen LogP) is 3.81. The molecule has 1 unspecified atom stereocenters. The number of thiophene rings is 1. The number of hydrogen-bond donors (Lipinski definition) is 1. The normalized spacial score (nSPS) is 12.8. The van der Waals surface area contributed by atoms with Crippen molar-refractivity contribution in [3.8, 4) is 0 Å². The third-order valence-electron chi connectivity index (χ3n) is 3.19. The lowest BCUT2D eigenvalue weighted by molar-refractivity contribution is 0.498. The summed E-state index contributed by atoms with van der Waals surface area (Å²) in [6.07, 6.45) is 5.08. The van der Waals surface area contributed by atoms with Crippen molar-refractivity contribution in [3.63, 3.8) is 0 Å². The summed E-state index contributed by atoms with van der Waals surface area (Å²) in [5.41, 5.74) is 1.27. The average Bonchev–Trinajstić information content (AvgIpc) is 2.99. The lowest BCUT2D eigenvalue weighted by Crippen LogP contribution is -2.22. The Bertz CT molecular complexity index is 506. The van der Waals surface area contributed by atoms with E-state index in [1.165, 1.54) is 10.6 Å². The molecule has 0 aromatic carbocycles. The average molecular weight is 298 g/mol. The van der Waals surface area contributed by atoms with Crippen LogP contribution in [0, 0.1) is 0 Å². The van der Waals surface area contributed by atoms with E-state index in [0.29, 0.717) is 6.04 Å². The summed E-state index contributed by atoms with van der Waals surface area (Å²) < 4.78 is 2.80. The molecule has 5 heteroatoms. The van der Waals surface area contributed by atoms with Gasteiger partial charge in [-0.2, -0.15) is 5.10 Å². The smallest absolute Gasteiger partial charge is 0.0931 e. The van der Waals surface area contributed by atoms with E-state index in [1.807, 2.05) is 24.0 Å². The molecule has 0 aliphatic rings. The summed E-state index contributed by atoms with van der Waals surface area (Å²) in [7, 11) is 1.99. The van der Waals surface area contributed by atoms with Crippen molar-refractivity contribution in [2.45, 2.75) is 32.2 Å². The highest BCUT2D eigenvalue weighted by atomic mass is 35.5. The van der Waals surface area contributed by atoms with Crippen LogP contribution < -0.4 is 5.32 Å². The molecular weight excluding hydrogens is 278 g/mol. The van der Waals surface area contributed by atoms with Gasteiger partial charge in [-0.05, 0) is 44.0 Å². The Morgan fingerprint density at radius 2 is 2.26 bits per heavy atom. The van der Waals surface area contributed by atoms with Gasteiger partial charge in [0.05, 0.1) is 4.34 Å². The first kappa shape index (κ1) is 14.6. The van der Waals surface area contributed by atoms with Crippen LogP contribution in [-0.2, 0) is 13.5 Å². The first-order valence-electron chi connectivity index (χ1n) is 6.66. The molecule has 19 heavy (non-hydrogen) atoms. The third kappa shape index (κ3) is 4.06. The van der Waals surface area contributed by atoms with Gasteiger partial charge in [0.2, 0.25) is 0 Å². The van der Waals surface area contributed by atoms with Crippen molar-refractivity contribution in [1.29, 1.82) is 0 Å². The Hall–Kier alpha value is -0.840. The summed E-state index contributed by atoms with van der Waals surface area (Å²) in [5, 5.41) is 7.81. The highest BCUT2D eigenvalue weighted by Crippen LogP contribution is 2.29. The van der Waals surface area contributed by atoms with Crippen molar-refractivity contribution in [1.82, 2.24) is 15.1 Å². The van der Waals surface area contributed by atoms with Gasteiger partial charge in [0.15, 0.2) is 0 Å². The Morgan fingerprint density at radius 1 is 1.42 bits per heavy atom. The fourth-order valence-electron chi connectivity index (χ4n) is 2.12. The predicted molar refractivity (Wildman–Crippen MR) is 81.9 cm³/mol. The minimum atomic E-state index is 0.382. The van der Waals surface area contributed by atoms with E-state index in [4.69, 9.17) is 11.6 Å². The van der Waals surface area contributed by atoms with E-state index >= 15 is 0 Å². The molecule has 2 heterocycles. The number of rotatable bonds is 7. The number of hydrogen-bond acceptors (Lipinski definition) is 3. The Labute approximate surface area is 123 Å². The van der Waals surface area contributed by atoms with Gasteiger partial charge in [0.1, 0.15) is 0 Å². The van der Waals surface area contributed by atoms with Gasteiger partial charge in [0, 0.05) is 29.9 Å². The maximum Gasteiger partial charge on any atom is 0.0931 e. The summed E-state index contributed by atoms with van der Waals surface area (Å²) >= 11 is 7.71. The van der Waals surface area contributed by atoms with Crippen LogP contribution in [0.15, 0.2) is 24.4 Å². The quantitative estimate of drug-likeness (QED) is 0.842. The zero-order chi connectivity index (χ0) is 13.7. The van der Waals surface area contributed by atoms with Gasteiger partial charge in [-0.1, -0.05) is 18.5 Å². The molecule has 0 radical (unpaired) electrons. The van der Waals surface area contributed by atoms with Gasteiger partial charge in [-0.15, -0.1) is 11.3 Å². The van der Waals surface area contributed by atoms with Crippen LogP contribution in [0.1, 0.15) is 36.4 Å². The number of nitrogens with one attached hydrogen (secondary N) is 1. The number of aromatic nitrogens is 2. The lowest BCUT2D eigenvalue weighted by atomic mass is 10.1. The molecule has 104 valence electrons. The highest BCUT2D eigenvalue weighted by molar-refractivity contribution is 7.16. The third-order valence-corrected chi connectivity index (χ3v) is 4.53. The van der Waals surface area contributed by atoms with Crippen LogP contribution in [0.25, 0.3) is 0 Å². The second-order valence-corrected chi connectivity index (χ2v) is 6.38. The Balaban J connectivity index is 1.99. The van der Waals surface area contributed by atoms with E-state index in [1.54, 1.807) is 11.3 Å². The van der Waals surface area contributed by atoms with Crippen LogP contribution >= 0.6 is 22.9 Å². The summed E-state index contributed by atoms with van der Waals surface area (Å²) in [6.45, 7) is 3.22. The zero-order valence-electron chi connectivity index (χ0n) is 11.4. The van der Waals surface area contributed by atoms with Gasteiger partial charge < -0.3 is 5.32 Å². The van der Waals surface area contributed by atoms with Gasteiger partial charge in [-0.3, -0.25) is 4.68 Å². The molecule has 0 fully saturated rings. The van der Waals surface area contributed by atoms with Crippen LogP contribution in [0.2, 0.25) is 4.34 Å². The molecule has 3 nitrogen and oxygen atoms in total. The summed E-state index contributed by atoms with van der Waals surface area (Å²) in [4.78, 5) is 1.32. The minimum Gasteiger partial charge on any atom is -0.309 e. The minimum absolute atomic E-state index is 0.382. The fraction of sp³-hybridized carbons (Fsp3) is 0.500. The second-order valence-electron chi connectivity index (χ2n) is 4.63. The Morgan fingerprint density at radius 3 is 2.84 bits per heavy atom. The van der Waals surface area contributed by atoms with Crippen LogP contribution in [0.4, 0.5) is 0 Å². The molecule has 0 saturated carbocycles. The molecule has 0 amide bonds. The first-order valence-corrected chi connectivity index (χ1v) is 7.85. The van der Waals surface area contributed by atoms with E-state index in [9.17, 15) is 0 Å². The van der Waals surface area contributed by atoms with E-state index in [-0.39, 0.29) is 0 Å². The maximum atomic E-state index is 6.04. The molecule has 0 saturated heterocycles. The lowest BCUT2D eigenvalue weighted by Gasteiger charge is -2.17. The molecule has 0 spiro atoms. The second kappa shape index (κ2) is 7.08. The van der Waals surface area contributed by atoms with Crippen molar-refractivity contribution in [2.24, 2.45) is 7.05 Å². The van der Waals surface area contributed by atoms with Crippen LogP contribution in [-0.4, -0.2) is 16.3 Å². The standard InChI is InChI=1S/C14H20ClN3S/c1-3-9-16-12(13-6-7-14(15)19-13)5-4-11-8-10-17-18(11)2/h6-8,10,12,16H,3-5,9H2,1-2H3. The number of aryl methyl sites for hydroxylation is 2. The van der Waals surface area contributed by atoms with E-state index < -0.39 is 0 Å². The van der Waals surface area contributed by atoms with Crippen molar-refractivity contribution in [3.05, 3.63) is 39.3 Å². The molecule has 1 N–H and O–H groups in total. The highest BCUT2D eigenvalue weighted by Gasteiger charge is 2.13. The van der Waals surface area contributed by atoms with E-state index in [0.717, 1.165) is 30.1 Å². The molecule has 2 rings (SSSR count). The summed E-state index contributed by atoms with van der Waals surface area (Å²) in [6, 6.07) is 6.57. The van der Waals surface area contributed by atoms with Crippen molar-refractivity contribution in [2.75, 3.05) is 6.54 Å². The summed E-state index contributed by atoms with van der Waals surface area (Å²) in [5.74, 6) is 0. The SMILES string of the molecule is CCCNC(CCc1ccnn1C)c1ccc(Cl)s1. The zero-order valence-corrected chi connectivity index (χ0v) is 13.0. The van der Waals surface area contributed by atoms with Crippen LogP contribution in [0.5, 0.6) is 0 Å². The monoisotopic (exact) mass is 297 g/mol. The van der Waals surface area contributed by atoms with E-state index in [2.05, 4.69) is 29.5 Å². The molecule has 0 aliphatic carbocycles. The van der Waals surface area contributed by atoms with Crippen molar-refractivity contribution < 1.29 is 0 Å².